The SMILES string of the molecule is Cc1cn([C@H]2C[C@H](O)[C@@H](CNC(=O)NCc3ccccc3)O2)c(=O)[nH]c1=O. The fourth-order valence-electron chi connectivity index (χ4n) is 2.90. The number of amides is 2. The maximum absolute atomic E-state index is 11.9. The van der Waals surface area contributed by atoms with Crippen LogP contribution in [0.15, 0.2) is 46.1 Å². The molecule has 2 heterocycles. The van der Waals surface area contributed by atoms with Crippen molar-refractivity contribution in [2.24, 2.45) is 0 Å². The van der Waals surface area contributed by atoms with Gasteiger partial charge in [0.05, 0.1) is 6.10 Å². The topological polar surface area (TPSA) is 125 Å². The number of carbonyl (C=O) groups excluding carboxylic acids is 1. The van der Waals surface area contributed by atoms with E-state index in [1.54, 1.807) is 6.92 Å². The third kappa shape index (κ3) is 4.63. The molecule has 0 unspecified atom stereocenters. The molecule has 1 fully saturated rings. The summed E-state index contributed by atoms with van der Waals surface area (Å²) in [5.74, 6) is 0. The highest BCUT2D eigenvalue weighted by molar-refractivity contribution is 5.73. The third-order valence-electron chi connectivity index (χ3n) is 4.42. The molecule has 2 amide bonds. The van der Waals surface area contributed by atoms with Crippen LogP contribution >= 0.6 is 0 Å². The molecule has 0 spiro atoms. The van der Waals surface area contributed by atoms with Gasteiger partial charge in [0.1, 0.15) is 12.3 Å². The summed E-state index contributed by atoms with van der Waals surface area (Å²) < 4.78 is 6.94. The first kappa shape index (κ1) is 18.9. The Bertz CT molecular complexity index is 908. The average Bonchev–Trinajstić information content (AvgIpc) is 3.02. The summed E-state index contributed by atoms with van der Waals surface area (Å²) in [4.78, 5) is 37.5. The second kappa shape index (κ2) is 8.19. The number of rotatable bonds is 5. The van der Waals surface area contributed by atoms with Gasteiger partial charge < -0.3 is 20.5 Å². The first-order chi connectivity index (χ1) is 12.9. The van der Waals surface area contributed by atoms with Gasteiger partial charge in [-0.2, -0.15) is 0 Å². The number of aryl methyl sites for hydroxylation is 1. The molecule has 9 nitrogen and oxygen atoms in total. The Morgan fingerprint density at radius 1 is 1.30 bits per heavy atom. The van der Waals surface area contributed by atoms with E-state index in [1.807, 2.05) is 30.3 Å². The maximum atomic E-state index is 11.9. The highest BCUT2D eigenvalue weighted by Crippen LogP contribution is 2.27. The molecule has 27 heavy (non-hydrogen) atoms. The quantitative estimate of drug-likeness (QED) is 0.586. The Labute approximate surface area is 155 Å². The minimum absolute atomic E-state index is 0.0926. The highest BCUT2D eigenvalue weighted by Gasteiger charge is 2.35. The van der Waals surface area contributed by atoms with Crippen molar-refractivity contribution in [3.05, 3.63) is 68.5 Å². The van der Waals surface area contributed by atoms with Crippen LogP contribution < -0.4 is 21.9 Å². The molecule has 3 atom stereocenters. The Balaban J connectivity index is 1.53. The van der Waals surface area contributed by atoms with Crippen molar-refractivity contribution in [3.63, 3.8) is 0 Å². The predicted molar refractivity (Wildman–Crippen MR) is 97.3 cm³/mol. The van der Waals surface area contributed by atoms with Gasteiger partial charge in [-0.15, -0.1) is 0 Å². The molecule has 0 bridgehead atoms. The summed E-state index contributed by atoms with van der Waals surface area (Å²) in [6.45, 7) is 2.06. The number of nitrogens with zero attached hydrogens (tertiary/aromatic N) is 1. The van der Waals surface area contributed by atoms with Crippen molar-refractivity contribution in [2.45, 2.75) is 38.3 Å². The molecule has 0 saturated carbocycles. The number of hydrogen-bond donors (Lipinski definition) is 4. The maximum Gasteiger partial charge on any atom is 0.330 e. The van der Waals surface area contributed by atoms with E-state index < -0.39 is 29.7 Å². The smallest absolute Gasteiger partial charge is 0.330 e. The first-order valence-corrected chi connectivity index (χ1v) is 8.65. The molecule has 3 rings (SSSR count). The minimum atomic E-state index is -0.844. The van der Waals surface area contributed by atoms with Crippen LogP contribution in [0.4, 0.5) is 4.79 Å². The molecule has 9 heteroatoms. The number of hydrogen-bond acceptors (Lipinski definition) is 5. The number of nitrogens with one attached hydrogen (secondary N) is 3. The van der Waals surface area contributed by atoms with Crippen LogP contribution in [0.3, 0.4) is 0 Å². The van der Waals surface area contributed by atoms with Crippen molar-refractivity contribution in [2.75, 3.05) is 6.54 Å². The van der Waals surface area contributed by atoms with Crippen LogP contribution in [0.25, 0.3) is 0 Å². The van der Waals surface area contributed by atoms with Crippen LogP contribution in [-0.4, -0.2) is 39.4 Å². The van der Waals surface area contributed by atoms with E-state index in [1.165, 1.54) is 10.8 Å². The number of aromatic nitrogens is 2. The molecule has 0 aliphatic carbocycles. The van der Waals surface area contributed by atoms with Gasteiger partial charge in [-0.1, -0.05) is 30.3 Å². The molecule has 1 aromatic heterocycles. The van der Waals surface area contributed by atoms with E-state index in [9.17, 15) is 19.5 Å². The molecule has 2 aromatic rings. The third-order valence-corrected chi connectivity index (χ3v) is 4.42. The van der Waals surface area contributed by atoms with Crippen molar-refractivity contribution < 1.29 is 14.6 Å². The molecule has 1 saturated heterocycles. The Kier molecular flexibility index (Phi) is 5.72. The summed E-state index contributed by atoms with van der Waals surface area (Å²) in [7, 11) is 0. The molecule has 0 radical (unpaired) electrons. The lowest BCUT2D eigenvalue weighted by Gasteiger charge is -2.17. The number of carbonyl (C=O) groups is 1. The van der Waals surface area contributed by atoms with Crippen molar-refractivity contribution in [3.8, 4) is 0 Å². The van der Waals surface area contributed by atoms with Crippen LogP contribution in [0.2, 0.25) is 0 Å². The standard InChI is InChI=1S/C18H22N4O5/c1-11-10-22(18(26)21-16(11)24)15-7-13(23)14(27-15)9-20-17(25)19-8-12-5-3-2-4-6-12/h2-6,10,13-15,23H,7-9H2,1H3,(H2,19,20,25)(H,21,24,26)/t13-,14+,15+/m0/s1. The lowest BCUT2D eigenvalue weighted by molar-refractivity contribution is -0.0180. The van der Waals surface area contributed by atoms with E-state index in [0.29, 0.717) is 12.1 Å². The lowest BCUT2D eigenvalue weighted by atomic mass is 10.2. The number of H-pyrrole nitrogens is 1. The Morgan fingerprint density at radius 2 is 2.04 bits per heavy atom. The predicted octanol–water partition coefficient (Wildman–Crippen LogP) is -0.00718. The summed E-state index contributed by atoms with van der Waals surface area (Å²) in [6.07, 6.45) is -0.619. The number of aliphatic hydroxyl groups is 1. The monoisotopic (exact) mass is 374 g/mol. The van der Waals surface area contributed by atoms with E-state index in [2.05, 4.69) is 15.6 Å². The largest absolute Gasteiger partial charge is 0.390 e. The summed E-state index contributed by atoms with van der Waals surface area (Å²) in [6, 6.07) is 9.09. The number of aliphatic hydroxyl groups excluding tert-OH is 1. The second-order valence-corrected chi connectivity index (χ2v) is 6.46. The van der Waals surface area contributed by atoms with Gasteiger partial charge in [0.25, 0.3) is 5.56 Å². The molecule has 1 aromatic carbocycles. The van der Waals surface area contributed by atoms with Gasteiger partial charge in [0, 0.05) is 31.3 Å². The zero-order valence-corrected chi connectivity index (χ0v) is 14.8. The van der Waals surface area contributed by atoms with Crippen LogP contribution in [0.1, 0.15) is 23.8 Å². The molecular formula is C18H22N4O5. The first-order valence-electron chi connectivity index (χ1n) is 8.65. The summed E-state index contributed by atoms with van der Waals surface area (Å²) in [5.41, 5.74) is 0.285. The van der Waals surface area contributed by atoms with E-state index in [4.69, 9.17) is 4.74 Å². The number of benzene rings is 1. The Hall–Kier alpha value is -2.91. The second-order valence-electron chi connectivity index (χ2n) is 6.46. The molecule has 4 N–H and O–H groups in total. The van der Waals surface area contributed by atoms with Crippen LogP contribution in [0.5, 0.6) is 0 Å². The summed E-state index contributed by atoms with van der Waals surface area (Å²) >= 11 is 0. The van der Waals surface area contributed by atoms with E-state index >= 15 is 0 Å². The Morgan fingerprint density at radius 3 is 2.78 bits per heavy atom. The average molecular weight is 374 g/mol. The zero-order valence-electron chi connectivity index (χ0n) is 14.8. The number of aromatic amines is 1. The van der Waals surface area contributed by atoms with E-state index in [0.717, 1.165) is 5.56 Å². The van der Waals surface area contributed by atoms with Crippen molar-refractivity contribution in [1.29, 1.82) is 0 Å². The normalized spacial score (nSPS) is 21.8. The molecule has 1 aliphatic heterocycles. The van der Waals surface area contributed by atoms with Crippen molar-refractivity contribution in [1.82, 2.24) is 20.2 Å². The lowest BCUT2D eigenvalue weighted by Crippen LogP contribution is -2.42. The zero-order chi connectivity index (χ0) is 19.4. The summed E-state index contributed by atoms with van der Waals surface area (Å²) in [5, 5.41) is 15.5. The van der Waals surface area contributed by atoms with Crippen LogP contribution in [-0.2, 0) is 11.3 Å². The van der Waals surface area contributed by atoms with Gasteiger partial charge in [0.15, 0.2) is 0 Å². The van der Waals surface area contributed by atoms with Crippen molar-refractivity contribution >= 4 is 6.03 Å². The van der Waals surface area contributed by atoms with Gasteiger partial charge >= 0.3 is 11.7 Å². The molecular weight excluding hydrogens is 352 g/mol. The minimum Gasteiger partial charge on any atom is -0.390 e. The van der Waals surface area contributed by atoms with Gasteiger partial charge in [-0.05, 0) is 12.5 Å². The molecule has 144 valence electrons. The van der Waals surface area contributed by atoms with Crippen LogP contribution in [0, 0.1) is 6.92 Å². The highest BCUT2D eigenvalue weighted by atomic mass is 16.5. The fourth-order valence-corrected chi connectivity index (χ4v) is 2.90. The molecule has 1 aliphatic rings. The number of ether oxygens (including phenoxy) is 1. The van der Waals surface area contributed by atoms with E-state index in [-0.39, 0.29) is 19.0 Å². The fraction of sp³-hybridized carbons (Fsp3) is 0.389. The number of urea groups is 1. The van der Waals surface area contributed by atoms with Gasteiger partial charge in [-0.25, -0.2) is 9.59 Å². The van der Waals surface area contributed by atoms with Gasteiger partial charge in [0.2, 0.25) is 0 Å². The van der Waals surface area contributed by atoms with Gasteiger partial charge in [-0.3, -0.25) is 14.3 Å².